The minimum absolute atomic E-state index is 0.0210. The van der Waals surface area contributed by atoms with Crippen molar-refractivity contribution in [3.8, 4) is 0 Å². The second-order valence-electron chi connectivity index (χ2n) is 3.89. The third-order valence-corrected chi connectivity index (χ3v) is 4.98. The Balaban J connectivity index is 3.08. The summed E-state index contributed by atoms with van der Waals surface area (Å²) in [5.74, 6) is -0.930. The van der Waals surface area contributed by atoms with Crippen molar-refractivity contribution in [2.75, 3.05) is 11.8 Å². The fraction of sp³-hybridized carbons (Fsp3) is 0.300. The summed E-state index contributed by atoms with van der Waals surface area (Å²) >= 11 is 0. The van der Waals surface area contributed by atoms with Crippen LogP contribution in [0, 0.1) is 0 Å². The number of ether oxygens (including phenoxy) is 1. The number of methoxy groups -OCH3 is 1. The Hall–Kier alpha value is -1.65. The van der Waals surface area contributed by atoms with E-state index in [1.54, 1.807) is 0 Å². The number of carbonyl (C=O) groups is 1. The molecule has 0 bridgehead atoms. The number of primary sulfonamides is 1. The topological polar surface area (TPSA) is 133 Å². The molecule has 0 aliphatic rings. The van der Waals surface area contributed by atoms with Gasteiger partial charge in [0.15, 0.2) is 5.25 Å². The molecular formula is C10H14N2O6S2. The SMILES string of the molecule is COC(=O)C(C)S(=O)(=O)Nc1cccc(S(N)(=O)=O)c1. The second kappa shape index (κ2) is 5.77. The zero-order chi connectivity index (χ0) is 15.6. The first-order valence-electron chi connectivity index (χ1n) is 5.30. The summed E-state index contributed by atoms with van der Waals surface area (Å²) < 4.78 is 52.5. The first-order valence-corrected chi connectivity index (χ1v) is 8.39. The highest BCUT2D eigenvalue weighted by Crippen LogP contribution is 2.17. The molecule has 20 heavy (non-hydrogen) atoms. The van der Waals surface area contributed by atoms with Crippen molar-refractivity contribution in [1.82, 2.24) is 0 Å². The number of hydrogen-bond donors (Lipinski definition) is 2. The van der Waals surface area contributed by atoms with E-state index >= 15 is 0 Å². The number of rotatable bonds is 5. The van der Waals surface area contributed by atoms with Crippen LogP contribution in [0.25, 0.3) is 0 Å². The van der Waals surface area contributed by atoms with Crippen LogP contribution in [0.3, 0.4) is 0 Å². The molecule has 1 aromatic carbocycles. The lowest BCUT2D eigenvalue weighted by Crippen LogP contribution is -2.33. The standard InChI is InChI=1S/C10H14N2O6S2/c1-7(10(13)18-2)20(16,17)12-8-4-3-5-9(6-8)19(11,14)15/h3-7,12H,1-2H3,(H2,11,14,15). The second-order valence-corrected chi connectivity index (χ2v) is 7.45. The van der Waals surface area contributed by atoms with Crippen LogP contribution in [0.2, 0.25) is 0 Å². The van der Waals surface area contributed by atoms with Crippen LogP contribution in [0.5, 0.6) is 0 Å². The predicted octanol–water partition coefficient (Wildman–Crippen LogP) is -0.363. The smallest absolute Gasteiger partial charge is 0.325 e. The van der Waals surface area contributed by atoms with Gasteiger partial charge < -0.3 is 4.74 Å². The number of esters is 1. The van der Waals surface area contributed by atoms with E-state index in [1.807, 2.05) is 0 Å². The van der Waals surface area contributed by atoms with E-state index < -0.39 is 31.3 Å². The van der Waals surface area contributed by atoms with E-state index in [9.17, 15) is 21.6 Å². The van der Waals surface area contributed by atoms with Crippen molar-refractivity contribution in [2.45, 2.75) is 17.1 Å². The molecule has 0 saturated carbocycles. The van der Waals surface area contributed by atoms with Gasteiger partial charge in [-0.15, -0.1) is 0 Å². The van der Waals surface area contributed by atoms with E-state index in [0.29, 0.717) is 0 Å². The Morgan fingerprint density at radius 1 is 1.30 bits per heavy atom. The zero-order valence-corrected chi connectivity index (χ0v) is 12.4. The first kappa shape index (κ1) is 16.4. The summed E-state index contributed by atoms with van der Waals surface area (Å²) in [6.45, 7) is 1.15. The largest absolute Gasteiger partial charge is 0.468 e. The van der Waals surface area contributed by atoms with E-state index in [-0.39, 0.29) is 10.6 Å². The fourth-order valence-electron chi connectivity index (χ4n) is 1.28. The highest BCUT2D eigenvalue weighted by atomic mass is 32.2. The molecule has 1 atom stereocenters. The lowest BCUT2D eigenvalue weighted by atomic mass is 10.3. The van der Waals surface area contributed by atoms with Gasteiger partial charge in [-0.3, -0.25) is 9.52 Å². The lowest BCUT2D eigenvalue weighted by Gasteiger charge is -2.13. The first-order chi connectivity index (χ1) is 9.08. The third-order valence-electron chi connectivity index (χ3n) is 2.42. The Morgan fingerprint density at radius 3 is 2.40 bits per heavy atom. The molecule has 0 fully saturated rings. The summed E-state index contributed by atoms with van der Waals surface area (Å²) in [6, 6.07) is 4.92. The molecule has 0 aliphatic heterocycles. The van der Waals surface area contributed by atoms with Gasteiger partial charge in [-0.05, 0) is 25.1 Å². The van der Waals surface area contributed by atoms with Crippen LogP contribution in [0.15, 0.2) is 29.2 Å². The van der Waals surface area contributed by atoms with Crippen LogP contribution in [0.1, 0.15) is 6.92 Å². The van der Waals surface area contributed by atoms with Gasteiger partial charge in [0.2, 0.25) is 20.0 Å². The van der Waals surface area contributed by atoms with Crippen LogP contribution < -0.4 is 9.86 Å². The molecule has 1 aromatic rings. The normalized spacial score (nSPS) is 13.6. The number of sulfonamides is 2. The molecule has 0 spiro atoms. The van der Waals surface area contributed by atoms with E-state index in [1.165, 1.54) is 18.2 Å². The predicted molar refractivity (Wildman–Crippen MR) is 71.8 cm³/mol. The molecule has 10 heteroatoms. The number of benzene rings is 1. The molecule has 1 unspecified atom stereocenters. The number of anilines is 1. The Kier molecular flexibility index (Phi) is 4.73. The molecule has 0 radical (unpaired) electrons. The van der Waals surface area contributed by atoms with Crippen molar-refractivity contribution in [3.63, 3.8) is 0 Å². The Labute approximate surface area is 117 Å². The fourth-order valence-corrected chi connectivity index (χ4v) is 2.82. The van der Waals surface area contributed by atoms with Gasteiger partial charge >= 0.3 is 5.97 Å². The Morgan fingerprint density at radius 2 is 1.90 bits per heavy atom. The lowest BCUT2D eigenvalue weighted by molar-refractivity contribution is -0.139. The molecule has 1 rings (SSSR count). The molecule has 8 nitrogen and oxygen atoms in total. The molecule has 0 heterocycles. The highest BCUT2D eigenvalue weighted by molar-refractivity contribution is 7.94. The highest BCUT2D eigenvalue weighted by Gasteiger charge is 2.29. The summed E-state index contributed by atoms with van der Waals surface area (Å²) in [7, 11) is -6.93. The van der Waals surface area contributed by atoms with Crippen molar-refractivity contribution in [2.24, 2.45) is 5.14 Å². The van der Waals surface area contributed by atoms with Crippen molar-refractivity contribution < 1.29 is 26.4 Å². The maximum atomic E-state index is 11.9. The maximum Gasteiger partial charge on any atom is 0.325 e. The zero-order valence-electron chi connectivity index (χ0n) is 10.7. The molecule has 3 N–H and O–H groups in total. The van der Waals surface area contributed by atoms with Crippen molar-refractivity contribution >= 4 is 31.7 Å². The minimum Gasteiger partial charge on any atom is -0.468 e. The van der Waals surface area contributed by atoms with Gasteiger partial charge in [-0.25, -0.2) is 22.0 Å². The average molecular weight is 322 g/mol. The van der Waals surface area contributed by atoms with E-state index in [0.717, 1.165) is 20.1 Å². The number of nitrogens with one attached hydrogen (secondary N) is 1. The molecule has 0 aliphatic carbocycles. The van der Waals surface area contributed by atoms with Gasteiger partial charge in [0.25, 0.3) is 0 Å². The third kappa shape index (κ3) is 3.92. The minimum atomic E-state index is -4.05. The van der Waals surface area contributed by atoms with Crippen LogP contribution in [-0.2, 0) is 29.6 Å². The van der Waals surface area contributed by atoms with E-state index in [4.69, 9.17) is 5.14 Å². The van der Waals surface area contributed by atoms with Gasteiger partial charge in [0.05, 0.1) is 12.0 Å². The summed E-state index contributed by atoms with van der Waals surface area (Å²) in [5, 5.41) is 3.50. The van der Waals surface area contributed by atoms with Crippen molar-refractivity contribution in [3.05, 3.63) is 24.3 Å². The summed E-state index contributed by atoms with van der Waals surface area (Å²) in [6.07, 6.45) is 0. The van der Waals surface area contributed by atoms with Crippen LogP contribution >= 0.6 is 0 Å². The molecule has 0 aromatic heterocycles. The maximum absolute atomic E-state index is 11.9. The molecule has 0 saturated heterocycles. The van der Waals surface area contributed by atoms with E-state index in [2.05, 4.69) is 9.46 Å². The number of hydrogen-bond acceptors (Lipinski definition) is 6. The summed E-state index contributed by atoms with van der Waals surface area (Å²) in [5.41, 5.74) is -0.0210. The molecule has 112 valence electrons. The number of nitrogens with two attached hydrogens (primary N) is 1. The number of carbonyl (C=O) groups excluding carboxylic acids is 1. The molecular weight excluding hydrogens is 308 g/mol. The Bertz CT molecular complexity index is 711. The van der Waals surface area contributed by atoms with Gasteiger partial charge in [0, 0.05) is 5.69 Å². The van der Waals surface area contributed by atoms with Crippen LogP contribution in [0.4, 0.5) is 5.69 Å². The average Bonchev–Trinajstić information content (AvgIpc) is 2.35. The van der Waals surface area contributed by atoms with Crippen molar-refractivity contribution in [1.29, 1.82) is 0 Å². The van der Waals surface area contributed by atoms with Crippen LogP contribution in [-0.4, -0.2) is 35.2 Å². The van der Waals surface area contributed by atoms with Gasteiger partial charge in [0.1, 0.15) is 0 Å². The monoisotopic (exact) mass is 322 g/mol. The van der Waals surface area contributed by atoms with Gasteiger partial charge in [-0.1, -0.05) is 6.07 Å². The summed E-state index contributed by atoms with van der Waals surface area (Å²) in [4.78, 5) is 11.0. The molecule has 0 amide bonds. The van der Waals surface area contributed by atoms with Gasteiger partial charge in [-0.2, -0.15) is 0 Å². The quantitative estimate of drug-likeness (QED) is 0.711.